The van der Waals surface area contributed by atoms with Crippen LogP contribution in [0.25, 0.3) is 10.9 Å². The number of anilines is 1. The third-order valence-electron chi connectivity index (χ3n) is 4.62. The van der Waals surface area contributed by atoms with Gasteiger partial charge in [-0.3, -0.25) is 14.5 Å². The zero-order valence-corrected chi connectivity index (χ0v) is 14.7. The largest absolute Gasteiger partial charge is 0.361 e. The Hall–Kier alpha value is -3.68. The maximum absolute atomic E-state index is 13.2. The number of fused-ring (bicyclic) bond motifs is 1. The number of aromatic amines is 1. The minimum atomic E-state index is -0.742. The molecule has 1 unspecified atom stereocenters. The Morgan fingerprint density at radius 2 is 1.96 bits per heavy atom. The average Bonchev–Trinajstić information content (AvgIpc) is 3.18. The lowest BCUT2D eigenvalue weighted by molar-refractivity contribution is -0.130. The maximum atomic E-state index is 13.2. The summed E-state index contributed by atoms with van der Waals surface area (Å²) < 4.78 is 13.2. The molecule has 7 nitrogen and oxygen atoms in total. The number of nitrogens with zero attached hydrogens (tertiary/aromatic N) is 1. The molecule has 1 aliphatic rings. The normalized spacial score (nSPS) is 16.5. The lowest BCUT2D eigenvalue weighted by Gasteiger charge is -2.13. The van der Waals surface area contributed by atoms with Gasteiger partial charge >= 0.3 is 6.03 Å². The number of urea groups is 1. The first-order valence-corrected chi connectivity index (χ1v) is 8.73. The van der Waals surface area contributed by atoms with E-state index in [9.17, 15) is 18.8 Å². The fraction of sp³-hybridized carbons (Fsp3) is 0.150. The van der Waals surface area contributed by atoms with Gasteiger partial charge in [0.2, 0.25) is 5.91 Å². The van der Waals surface area contributed by atoms with Gasteiger partial charge < -0.3 is 15.6 Å². The van der Waals surface area contributed by atoms with E-state index in [1.807, 2.05) is 30.5 Å². The SMILES string of the molecule is O=C(CN1C(=O)NC(Cc2c[nH]c3ccccc23)C1=O)Nc1cccc(F)c1. The second kappa shape index (κ2) is 7.15. The summed E-state index contributed by atoms with van der Waals surface area (Å²) in [5.74, 6) is -1.54. The lowest BCUT2D eigenvalue weighted by atomic mass is 10.1. The fourth-order valence-corrected chi connectivity index (χ4v) is 3.30. The number of benzene rings is 2. The third-order valence-corrected chi connectivity index (χ3v) is 4.62. The van der Waals surface area contributed by atoms with Crippen LogP contribution in [0, 0.1) is 5.82 Å². The van der Waals surface area contributed by atoms with E-state index in [-0.39, 0.29) is 5.69 Å². The Kier molecular flexibility index (Phi) is 4.52. The number of hydrogen-bond acceptors (Lipinski definition) is 3. The molecule has 0 aliphatic carbocycles. The standard InChI is InChI=1S/C20H17FN4O3/c21-13-4-3-5-14(9-13)23-18(26)11-25-19(27)17(24-20(25)28)8-12-10-22-16-7-2-1-6-15(12)16/h1-7,9-10,17,22H,8,11H2,(H,23,26)(H,24,28). The molecule has 142 valence electrons. The van der Waals surface area contributed by atoms with Gasteiger partial charge in [0.1, 0.15) is 18.4 Å². The van der Waals surface area contributed by atoms with Gasteiger partial charge in [0.15, 0.2) is 0 Å². The summed E-state index contributed by atoms with van der Waals surface area (Å²) in [6.07, 6.45) is 2.13. The number of H-pyrrole nitrogens is 1. The van der Waals surface area contributed by atoms with E-state index >= 15 is 0 Å². The number of nitrogens with one attached hydrogen (secondary N) is 3. The van der Waals surface area contributed by atoms with Crippen molar-refractivity contribution in [2.75, 3.05) is 11.9 Å². The van der Waals surface area contributed by atoms with Crippen LogP contribution in [0.4, 0.5) is 14.9 Å². The predicted molar refractivity (Wildman–Crippen MR) is 101 cm³/mol. The zero-order valence-electron chi connectivity index (χ0n) is 14.7. The van der Waals surface area contributed by atoms with Gasteiger partial charge in [-0.15, -0.1) is 0 Å². The van der Waals surface area contributed by atoms with E-state index < -0.39 is 36.2 Å². The number of amides is 4. The van der Waals surface area contributed by atoms with Gasteiger partial charge in [-0.05, 0) is 29.8 Å². The first-order chi connectivity index (χ1) is 13.5. The molecule has 1 aromatic heterocycles. The number of hydrogen-bond donors (Lipinski definition) is 3. The van der Waals surface area contributed by atoms with Crippen molar-refractivity contribution in [2.24, 2.45) is 0 Å². The molecule has 0 saturated carbocycles. The quantitative estimate of drug-likeness (QED) is 0.594. The number of aromatic nitrogens is 1. The summed E-state index contributed by atoms with van der Waals surface area (Å²) in [5.41, 5.74) is 2.10. The molecule has 4 rings (SSSR count). The Labute approximate surface area is 159 Å². The molecule has 1 atom stereocenters. The van der Waals surface area contributed by atoms with Gasteiger partial charge in [0, 0.05) is 29.2 Å². The van der Waals surface area contributed by atoms with Crippen LogP contribution in [0.5, 0.6) is 0 Å². The van der Waals surface area contributed by atoms with E-state index in [1.165, 1.54) is 18.2 Å². The highest BCUT2D eigenvalue weighted by Crippen LogP contribution is 2.21. The van der Waals surface area contributed by atoms with Crippen molar-refractivity contribution in [2.45, 2.75) is 12.5 Å². The molecule has 1 saturated heterocycles. The van der Waals surface area contributed by atoms with Crippen molar-refractivity contribution in [3.05, 3.63) is 66.1 Å². The van der Waals surface area contributed by atoms with Crippen LogP contribution in [-0.2, 0) is 16.0 Å². The molecule has 2 heterocycles. The van der Waals surface area contributed by atoms with E-state index in [1.54, 1.807) is 0 Å². The first kappa shape index (κ1) is 17.7. The third kappa shape index (κ3) is 3.44. The molecule has 8 heteroatoms. The van der Waals surface area contributed by atoms with Crippen molar-refractivity contribution >= 4 is 34.4 Å². The molecule has 2 aromatic carbocycles. The smallest absolute Gasteiger partial charge is 0.325 e. The van der Waals surface area contributed by atoms with Crippen molar-refractivity contribution in [3.63, 3.8) is 0 Å². The topological polar surface area (TPSA) is 94.3 Å². The predicted octanol–water partition coefficient (Wildman–Crippen LogP) is 2.41. The maximum Gasteiger partial charge on any atom is 0.325 e. The van der Waals surface area contributed by atoms with Gasteiger partial charge in [0.25, 0.3) is 5.91 Å². The summed E-state index contributed by atoms with van der Waals surface area (Å²) in [5, 5.41) is 6.07. The molecule has 1 aliphatic heterocycles. The van der Waals surface area contributed by atoms with Crippen LogP contribution < -0.4 is 10.6 Å². The van der Waals surface area contributed by atoms with Crippen molar-refractivity contribution in [1.82, 2.24) is 15.2 Å². The van der Waals surface area contributed by atoms with Crippen LogP contribution >= 0.6 is 0 Å². The minimum absolute atomic E-state index is 0.257. The average molecular weight is 380 g/mol. The summed E-state index contributed by atoms with van der Waals surface area (Å²) in [6, 6.07) is 11.7. The highest BCUT2D eigenvalue weighted by atomic mass is 19.1. The molecule has 0 spiro atoms. The molecule has 3 aromatic rings. The monoisotopic (exact) mass is 380 g/mol. The molecule has 0 bridgehead atoms. The number of carbonyl (C=O) groups is 3. The second-order valence-electron chi connectivity index (χ2n) is 6.55. The molecule has 28 heavy (non-hydrogen) atoms. The summed E-state index contributed by atoms with van der Waals surface area (Å²) >= 11 is 0. The lowest BCUT2D eigenvalue weighted by Crippen LogP contribution is -2.38. The van der Waals surface area contributed by atoms with E-state index in [2.05, 4.69) is 15.6 Å². The summed E-state index contributed by atoms with van der Waals surface area (Å²) in [6.45, 7) is -0.439. The van der Waals surface area contributed by atoms with E-state index in [0.717, 1.165) is 27.4 Å². The Morgan fingerprint density at radius 1 is 1.14 bits per heavy atom. The van der Waals surface area contributed by atoms with E-state index in [4.69, 9.17) is 0 Å². The van der Waals surface area contributed by atoms with Crippen molar-refractivity contribution < 1.29 is 18.8 Å². The first-order valence-electron chi connectivity index (χ1n) is 8.73. The van der Waals surface area contributed by atoms with Crippen LogP contribution in [0.3, 0.4) is 0 Å². The number of carbonyl (C=O) groups excluding carboxylic acids is 3. The fourth-order valence-electron chi connectivity index (χ4n) is 3.30. The van der Waals surface area contributed by atoms with Crippen molar-refractivity contribution in [3.8, 4) is 0 Å². The summed E-state index contributed by atoms with van der Waals surface area (Å²) in [7, 11) is 0. The van der Waals surface area contributed by atoms with Gasteiger partial charge in [-0.2, -0.15) is 0 Å². The summed E-state index contributed by atoms with van der Waals surface area (Å²) in [4.78, 5) is 40.9. The van der Waals surface area contributed by atoms with Crippen LogP contribution in [-0.4, -0.2) is 40.3 Å². The van der Waals surface area contributed by atoms with Crippen LogP contribution in [0.2, 0.25) is 0 Å². The number of imide groups is 1. The molecular weight excluding hydrogens is 363 g/mol. The van der Waals surface area contributed by atoms with Crippen LogP contribution in [0.1, 0.15) is 5.56 Å². The minimum Gasteiger partial charge on any atom is -0.361 e. The van der Waals surface area contributed by atoms with Crippen molar-refractivity contribution in [1.29, 1.82) is 0 Å². The Balaban J connectivity index is 1.43. The number of halogens is 1. The van der Waals surface area contributed by atoms with Gasteiger partial charge in [0.05, 0.1) is 0 Å². The Bertz CT molecular complexity index is 1080. The molecule has 4 amide bonds. The van der Waals surface area contributed by atoms with E-state index in [0.29, 0.717) is 6.42 Å². The second-order valence-corrected chi connectivity index (χ2v) is 6.55. The zero-order chi connectivity index (χ0) is 19.7. The number of rotatable bonds is 5. The Morgan fingerprint density at radius 3 is 2.79 bits per heavy atom. The molecule has 0 radical (unpaired) electrons. The molecule has 1 fully saturated rings. The van der Waals surface area contributed by atoms with Crippen LogP contribution in [0.15, 0.2) is 54.7 Å². The highest BCUT2D eigenvalue weighted by Gasteiger charge is 2.39. The van der Waals surface area contributed by atoms with Gasteiger partial charge in [-0.1, -0.05) is 24.3 Å². The molecular formula is C20H17FN4O3. The highest BCUT2D eigenvalue weighted by molar-refractivity contribution is 6.08. The van der Waals surface area contributed by atoms with Gasteiger partial charge in [-0.25, -0.2) is 9.18 Å². The number of para-hydroxylation sites is 1. The molecule has 3 N–H and O–H groups in total.